The zero-order valence-corrected chi connectivity index (χ0v) is 15.0. The van der Waals surface area contributed by atoms with Crippen molar-refractivity contribution in [2.45, 2.75) is 26.2 Å². The molecule has 1 aromatic heterocycles. The Morgan fingerprint density at radius 2 is 2.05 bits per heavy atom. The summed E-state index contributed by atoms with van der Waals surface area (Å²) in [5.74, 6) is 1.44. The van der Waals surface area contributed by atoms with Gasteiger partial charge in [-0.25, -0.2) is 14.4 Å². The first-order chi connectivity index (χ1) is 9.92. The molecule has 1 heterocycles. The van der Waals surface area contributed by atoms with Crippen LogP contribution in [0.5, 0.6) is 0 Å². The van der Waals surface area contributed by atoms with Gasteiger partial charge in [0.15, 0.2) is 0 Å². The lowest BCUT2D eigenvalue weighted by Crippen LogP contribution is -2.09. The van der Waals surface area contributed by atoms with Crippen molar-refractivity contribution >= 4 is 40.0 Å². The van der Waals surface area contributed by atoms with E-state index in [-0.39, 0.29) is 5.82 Å². The van der Waals surface area contributed by atoms with Crippen LogP contribution in [0.1, 0.15) is 36.8 Å². The molecule has 0 saturated carbocycles. The van der Waals surface area contributed by atoms with Crippen LogP contribution < -0.4 is 5.32 Å². The van der Waals surface area contributed by atoms with Gasteiger partial charge in [0.1, 0.15) is 17.5 Å². The average Bonchev–Trinajstić information content (AvgIpc) is 2.43. The molecule has 21 heavy (non-hydrogen) atoms. The van der Waals surface area contributed by atoms with Gasteiger partial charge in [0.2, 0.25) is 0 Å². The van der Waals surface area contributed by atoms with E-state index < -0.39 is 0 Å². The Morgan fingerprint density at radius 1 is 1.33 bits per heavy atom. The van der Waals surface area contributed by atoms with Crippen LogP contribution in [0.15, 0.2) is 18.2 Å². The van der Waals surface area contributed by atoms with Crippen molar-refractivity contribution < 1.29 is 4.39 Å². The SMILES string of the molecule is CNc1nc(Cc2ccc(F)cc2Cl)nc(C(C)C)c1I. The molecule has 6 heteroatoms. The largest absolute Gasteiger partial charge is 0.372 e. The first-order valence-electron chi connectivity index (χ1n) is 6.60. The number of anilines is 1. The normalized spacial score (nSPS) is 11.0. The maximum atomic E-state index is 13.1. The molecule has 0 aliphatic heterocycles. The van der Waals surface area contributed by atoms with Crippen LogP contribution >= 0.6 is 34.2 Å². The predicted molar refractivity (Wildman–Crippen MR) is 92.6 cm³/mol. The van der Waals surface area contributed by atoms with E-state index in [0.29, 0.717) is 23.2 Å². The highest BCUT2D eigenvalue weighted by molar-refractivity contribution is 14.1. The molecule has 0 bridgehead atoms. The number of benzene rings is 1. The van der Waals surface area contributed by atoms with Gasteiger partial charge < -0.3 is 5.32 Å². The lowest BCUT2D eigenvalue weighted by Gasteiger charge is -2.14. The van der Waals surface area contributed by atoms with Gasteiger partial charge in [0.05, 0.1) is 9.26 Å². The summed E-state index contributed by atoms with van der Waals surface area (Å²) >= 11 is 8.33. The Morgan fingerprint density at radius 3 is 2.62 bits per heavy atom. The molecule has 2 aromatic rings. The molecular weight excluding hydrogens is 404 g/mol. The smallest absolute Gasteiger partial charge is 0.143 e. The van der Waals surface area contributed by atoms with Crippen molar-refractivity contribution in [1.29, 1.82) is 0 Å². The first-order valence-corrected chi connectivity index (χ1v) is 8.06. The second kappa shape index (κ2) is 6.87. The van der Waals surface area contributed by atoms with Crippen molar-refractivity contribution in [2.24, 2.45) is 0 Å². The van der Waals surface area contributed by atoms with Gasteiger partial charge >= 0.3 is 0 Å². The van der Waals surface area contributed by atoms with Gasteiger partial charge in [-0.05, 0) is 46.2 Å². The summed E-state index contributed by atoms with van der Waals surface area (Å²) in [7, 11) is 1.84. The van der Waals surface area contributed by atoms with Gasteiger partial charge in [-0.3, -0.25) is 0 Å². The highest BCUT2D eigenvalue weighted by atomic mass is 127. The molecule has 0 aliphatic rings. The van der Waals surface area contributed by atoms with Gasteiger partial charge in [0, 0.05) is 18.5 Å². The van der Waals surface area contributed by atoms with E-state index in [1.54, 1.807) is 6.07 Å². The molecule has 0 radical (unpaired) electrons. The van der Waals surface area contributed by atoms with Gasteiger partial charge in [-0.15, -0.1) is 0 Å². The van der Waals surface area contributed by atoms with Crippen molar-refractivity contribution in [3.05, 3.63) is 49.7 Å². The molecular formula is C15H16ClFIN3. The lowest BCUT2D eigenvalue weighted by atomic mass is 10.1. The quantitative estimate of drug-likeness (QED) is 0.734. The zero-order valence-electron chi connectivity index (χ0n) is 12.0. The van der Waals surface area contributed by atoms with E-state index in [2.05, 4.69) is 51.7 Å². The number of nitrogens with zero attached hydrogens (tertiary/aromatic N) is 2. The average molecular weight is 420 g/mol. The Bertz CT molecular complexity index is 662. The van der Waals surface area contributed by atoms with Crippen LogP contribution in [0.2, 0.25) is 5.02 Å². The summed E-state index contributed by atoms with van der Waals surface area (Å²) in [6.45, 7) is 4.19. The molecule has 0 amide bonds. The van der Waals surface area contributed by atoms with E-state index in [9.17, 15) is 4.39 Å². The molecule has 0 saturated heterocycles. The number of hydrogen-bond acceptors (Lipinski definition) is 3. The number of hydrogen-bond donors (Lipinski definition) is 1. The van der Waals surface area contributed by atoms with Crippen molar-refractivity contribution in [3.63, 3.8) is 0 Å². The Labute approximate surface area is 142 Å². The maximum absolute atomic E-state index is 13.1. The van der Waals surface area contributed by atoms with Crippen LogP contribution in [0.3, 0.4) is 0 Å². The van der Waals surface area contributed by atoms with Crippen LogP contribution in [0.25, 0.3) is 0 Å². The molecule has 2 rings (SSSR count). The summed E-state index contributed by atoms with van der Waals surface area (Å²) < 4.78 is 14.1. The number of aromatic nitrogens is 2. The molecule has 1 aromatic carbocycles. The fourth-order valence-corrected chi connectivity index (χ4v) is 3.34. The summed E-state index contributed by atoms with van der Waals surface area (Å²) in [5, 5.41) is 3.49. The van der Waals surface area contributed by atoms with Crippen molar-refractivity contribution in [1.82, 2.24) is 9.97 Å². The Hall–Kier alpha value is -0.950. The van der Waals surface area contributed by atoms with Crippen molar-refractivity contribution in [3.8, 4) is 0 Å². The Kier molecular flexibility index (Phi) is 5.37. The molecule has 0 aliphatic carbocycles. The molecule has 1 N–H and O–H groups in total. The zero-order chi connectivity index (χ0) is 15.6. The molecule has 0 fully saturated rings. The standard InChI is InChI=1S/C15H16ClFIN3/c1-8(2)14-13(18)15(19-3)21-12(20-14)6-9-4-5-10(17)7-11(9)16/h4-5,7-8H,6H2,1-3H3,(H,19,20,21). The minimum absolute atomic E-state index is 0.300. The second-order valence-corrected chi connectivity index (χ2v) is 6.49. The second-order valence-electron chi connectivity index (χ2n) is 5.00. The van der Waals surface area contributed by atoms with Crippen LogP contribution in [0.4, 0.5) is 10.2 Å². The van der Waals surface area contributed by atoms with Gasteiger partial charge in [-0.2, -0.15) is 0 Å². The van der Waals surface area contributed by atoms with E-state index in [4.69, 9.17) is 11.6 Å². The van der Waals surface area contributed by atoms with Crippen molar-refractivity contribution in [2.75, 3.05) is 12.4 Å². The summed E-state index contributed by atoms with van der Waals surface area (Å²) in [6, 6.07) is 4.38. The fraction of sp³-hybridized carbons (Fsp3) is 0.333. The Balaban J connectivity index is 2.42. The monoisotopic (exact) mass is 419 g/mol. The molecule has 112 valence electrons. The van der Waals surface area contributed by atoms with E-state index in [1.807, 2.05) is 7.05 Å². The van der Waals surface area contributed by atoms with Crippen LogP contribution in [-0.2, 0) is 6.42 Å². The maximum Gasteiger partial charge on any atom is 0.143 e. The number of halogens is 3. The fourth-order valence-electron chi connectivity index (χ4n) is 1.98. The van der Waals surface area contributed by atoms with E-state index in [0.717, 1.165) is 20.6 Å². The highest BCUT2D eigenvalue weighted by Gasteiger charge is 2.15. The van der Waals surface area contributed by atoms with Crippen LogP contribution in [-0.4, -0.2) is 17.0 Å². The van der Waals surface area contributed by atoms with E-state index in [1.165, 1.54) is 12.1 Å². The lowest BCUT2D eigenvalue weighted by molar-refractivity contribution is 0.627. The predicted octanol–water partition coefficient (Wildman–Crippen LogP) is 4.63. The summed E-state index contributed by atoms with van der Waals surface area (Å²) in [4.78, 5) is 9.14. The summed E-state index contributed by atoms with van der Waals surface area (Å²) in [6.07, 6.45) is 0.477. The third-order valence-electron chi connectivity index (χ3n) is 3.07. The van der Waals surface area contributed by atoms with Gasteiger partial charge in [0.25, 0.3) is 0 Å². The van der Waals surface area contributed by atoms with Gasteiger partial charge in [-0.1, -0.05) is 31.5 Å². The minimum Gasteiger partial charge on any atom is -0.372 e. The third-order valence-corrected chi connectivity index (χ3v) is 4.49. The molecule has 0 spiro atoms. The topological polar surface area (TPSA) is 37.8 Å². The third kappa shape index (κ3) is 3.83. The molecule has 3 nitrogen and oxygen atoms in total. The minimum atomic E-state index is -0.342. The molecule has 0 atom stereocenters. The number of rotatable bonds is 4. The van der Waals surface area contributed by atoms with E-state index >= 15 is 0 Å². The van der Waals surface area contributed by atoms with Crippen LogP contribution in [0, 0.1) is 9.39 Å². The summed E-state index contributed by atoms with van der Waals surface area (Å²) in [5.41, 5.74) is 1.82. The number of nitrogens with one attached hydrogen (secondary N) is 1. The highest BCUT2D eigenvalue weighted by Crippen LogP contribution is 2.26. The molecule has 0 unspecified atom stereocenters. The first kappa shape index (κ1) is 16.4.